The summed E-state index contributed by atoms with van der Waals surface area (Å²) in [6.07, 6.45) is 1.79. The lowest BCUT2D eigenvalue weighted by molar-refractivity contribution is -0.116. The molecule has 0 atom stereocenters. The highest BCUT2D eigenvalue weighted by molar-refractivity contribution is 7.22. The molecular weight excluding hydrogens is 268 g/mol. The van der Waals surface area contributed by atoms with Crippen LogP contribution in [0.15, 0.2) is 17.3 Å². The molecule has 0 aliphatic carbocycles. The average molecular weight is 280 g/mol. The Hall–Kier alpha value is -1.53. The summed E-state index contributed by atoms with van der Waals surface area (Å²) in [4.78, 5) is 18.5. The summed E-state index contributed by atoms with van der Waals surface area (Å²) in [6.45, 7) is 3.51. The third-order valence-corrected chi connectivity index (χ3v) is 4.63. The molecule has 0 amide bonds. The first-order chi connectivity index (χ1) is 8.60. The predicted molar refractivity (Wildman–Crippen MR) is 73.9 cm³/mol. The zero-order valence-electron chi connectivity index (χ0n) is 10.0. The fraction of sp³-hybridized carbons (Fsp3) is 0.250. The molecule has 0 saturated carbocycles. The van der Waals surface area contributed by atoms with Crippen molar-refractivity contribution in [2.45, 2.75) is 20.3 Å². The topological polar surface area (TPSA) is 62.5 Å². The number of oxime groups is 1. The minimum Gasteiger partial charge on any atom is -0.411 e. The van der Waals surface area contributed by atoms with Gasteiger partial charge >= 0.3 is 0 Å². The van der Waals surface area contributed by atoms with Gasteiger partial charge in [0.1, 0.15) is 10.8 Å². The molecule has 0 aliphatic heterocycles. The molecule has 1 N–H and O–H groups in total. The van der Waals surface area contributed by atoms with Crippen LogP contribution in [-0.2, 0) is 11.2 Å². The molecule has 2 aromatic heterocycles. The number of rotatable bonds is 4. The summed E-state index contributed by atoms with van der Waals surface area (Å²) in [7, 11) is 0. The maximum absolute atomic E-state index is 11.1. The molecule has 6 heteroatoms. The Balaban J connectivity index is 2.31. The Labute approximate surface area is 113 Å². The number of hydrogen-bond acceptors (Lipinski definition) is 6. The lowest BCUT2D eigenvalue weighted by atomic mass is 10.3. The smallest absolute Gasteiger partial charge is 0.136 e. The van der Waals surface area contributed by atoms with E-state index in [1.165, 1.54) is 17.6 Å². The monoisotopic (exact) mass is 280 g/mol. The average Bonchev–Trinajstić information content (AvgIpc) is 2.85. The molecule has 0 aromatic carbocycles. The van der Waals surface area contributed by atoms with Gasteiger partial charge in [-0.25, -0.2) is 4.98 Å². The van der Waals surface area contributed by atoms with Gasteiger partial charge in [-0.3, -0.25) is 4.79 Å². The van der Waals surface area contributed by atoms with Crippen LogP contribution in [0.2, 0.25) is 0 Å². The van der Waals surface area contributed by atoms with Crippen LogP contribution in [0.5, 0.6) is 0 Å². The lowest BCUT2D eigenvalue weighted by Gasteiger charge is -1.90. The van der Waals surface area contributed by atoms with Crippen molar-refractivity contribution >= 4 is 34.7 Å². The van der Waals surface area contributed by atoms with Gasteiger partial charge in [0.2, 0.25) is 0 Å². The standard InChI is InChI=1S/C12H12N2O2S2/c1-7(15)5-11-14-8(2)12(18-11)10-4-3-9(17-10)6-13-16/h3-4,6,16H,5H2,1-2H3. The summed E-state index contributed by atoms with van der Waals surface area (Å²) in [6, 6.07) is 3.86. The first-order valence-electron chi connectivity index (χ1n) is 5.33. The summed E-state index contributed by atoms with van der Waals surface area (Å²) in [5.74, 6) is 0.120. The summed E-state index contributed by atoms with van der Waals surface area (Å²) in [5.41, 5.74) is 0.936. The minimum absolute atomic E-state index is 0.120. The number of carbonyl (C=O) groups is 1. The van der Waals surface area contributed by atoms with Crippen LogP contribution in [0.3, 0.4) is 0 Å². The maximum Gasteiger partial charge on any atom is 0.136 e. The Bertz CT molecular complexity index is 599. The first-order valence-corrected chi connectivity index (χ1v) is 6.97. The fourth-order valence-electron chi connectivity index (χ4n) is 1.57. The van der Waals surface area contributed by atoms with Crippen molar-refractivity contribution in [3.05, 3.63) is 27.7 Å². The number of thiazole rings is 1. The number of hydrogen-bond donors (Lipinski definition) is 1. The molecule has 0 bridgehead atoms. The molecule has 0 saturated heterocycles. The second-order valence-corrected chi connectivity index (χ2v) is 6.05. The Morgan fingerprint density at radius 2 is 2.28 bits per heavy atom. The zero-order chi connectivity index (χ0) is 13.1. The van der Waals surface area contributed by atoms with Gasteiger partial charge in [-0.15, -0.1) is 22.7 Å². The molecule has 2 aromatic rings. The molecule has 94 valence electrons. The number of Topliss-reactive ketones (excluding diaryl/α,β-unsaturated/α-hetero) is 1. The van der Waals surface area contributed by atoms with Crippen molar-refractivity contribution in [3.63, 3.8) is 0 Å². The van der Waals surface area contributed by atoms with E-state index in [1.54, 1.807) is 18.3 Å². The Morgan fingerprint density at radius 1 is 1.50 bits per heavy atom. The van der Waals surface area contributed by atoms with Crippen molar-refractivity contribution in [1.29, 1.82) is 0 Å². The largest absolute Gasteiger partial charge is 0.411 e. The van der Waals surface area contributed by atoms with E-state index >= 15 is 0 Å². The van der Waals surface area contributed by atoms with E-state index < -0.39 is 0 Å². The molecule has 18 heavy (non-hydrogen) atoms. The van der Waals surface area contributed by atoms with Crippen molar-refractivity contribution in [1.82, 2.24) is 4.98 Å². The highest BCUT2D eigenvalue weighted by Gasteiger charge is 2.12. The summed E-state index contributed by atoms with van der Waals surface area (Å²) in [5, 5.41) is 12.3. The van der Waals surface area contributed by atoms with Gasteiger partial charge < -0.3 is 5.21 Å². The molecule has 0 unspecified atom stereocenters. The molecule has 0 radical (unpaired) electrons. The van der Waals surface area contributed by atoms with Crippen LogP contribution in [-0.4, -0.2) is 22.2 Å². The molecule has 0 spiro atoms. The third-order valence-electron chi connectivity index (χ3n) is 2.28. The highest BCUT2D eigenvalue weighted by atomic mass is 32.1. The van der Waals surface area contributed by atoms with Crippen LogP contribution in [0.4, 0.5) is 0 Å². The molecule has 4 nitrogen and oxygen atoms in total. The number of carbonyl (C=O) groups excluding carboxylic acids is 1. The van der Waals surface area contributed by atoms with Gasteiger partial charge in [0.25, 0.3) is 0 Å². The van der Waals surface area contributed by atoms with Crippen LogP contribution in [0.1, 0.15) is 22.5 Å². The van der Waals surface area contributed by atoms with E-state index in [-0.39, 0.29) is 5.78 Å². The fourth-order valence-corrected chi connectivity index (χ4v) is 3.74. The van der Waals surface area contributed by atoms with Crippen LogP contribution >= 0.6 is 22.7 Å². The highest BCUT2D eigenvalue weighted by Crippen LogP contribution is 2.34. The first kappa shape index (κ1) is 12.9. The SMILES string of the molecule is CC(=O)Cc1nc(C)c(-c2ccc(C=NO)s2)s1. The molecule has 2 heterocycles. The van der Waals surface area contributed by atoms with E-state index in [0.717, 1.165) is 25.3 Å². The van der Waals surface area contributed by atoms with Crippen molar-refractivity contribution in [2.75, 3.05) is 0 Å². The second kappa shape index (κ2) is 5.41. The number of nitrogens with zero attached hydrogens (tertiary/aromatic N) is 2. The van der Waals surface area contributed by atoms with E-state index in [0.29, 0.717) is 6.42 Å². The van der Waals surface area contributed by atoms with E-state index in [1.807, 2.05) is 19.1 Å². The van der Waals surface area contributed by atoms with E-state index in [2.05, 4.69) is 10.1 Å². The Morgan fingerprint density at radius 3 is 2.94 bits per heavy atom. The van der Waals surface area contributed by atoms with Crippen LogP contribution in [0, 0.1) is 6.92 Å². The van der Waals surface area contributed by atoms with Gasteiger partial charge in [-0.05, 0) is 26.0 Å². The van der Waals surface area contributed by atoms with Gasteiger partial charge in [-0.2, -0.15) is 0 Å². The van der Waals surface area contributed by atoms with Gasteiger partial charge in [-0.1, -0.05) is 5.16 Å². The van der Waals surface area contributed by atoms with Gasteiger partial charge in [0.15, 0.2) is 0 Å². The quantitative estimate of drug-likeness (QED) is 0.531. The number of aryl methyl sites for hydroxylation is 1. The van der Waals surface area contributed by atoms with E-state index in [4.69, 9.17) is 5.21 Å². The second-order valence-electron chi connectivity index (χ2n) is 3.85. The van der Waals surface area contributed by atoms with E-state index in [9.17, 15) is 4.79 Å². The van der Waals surface area contributed by atoms with Gasteiger partial charge in [0, 0.05) is 9.75 Å². The number of thiophene rings is 1. The Kier molecular flexibility index (Phi) is 3.88. The summed E-state index contributed by atoms with van der Waals surface area (Å²) < 4.78 is 0. The number of aromatic nitrogens is 1. The molecular formula is C12H12N2O2S2. The third kappa shape index (κ3) is 2.83. The van der Waals surface area contributed by atoms with Crippen molar-refractivity contribution in [2.24, 2.45) is 5.16 Å². The minimum atomic E-state index is 0.120. The lowest BCUT2D eigenvalue weighted by Crippen LogP contribution is -1.94. The van der Waals surface area contributed by atoms with Crippen molar-refractivity contribution in [3.8, 4) is 9.75 Å². The molecule has 2 rings (SSSR count). The zero-order valence-corrected chi connectivity index (χ0v) is 11.6. The van der Waals surface area contributed by atoms with Gasteiger partial charge in [0.05, 0.1) is 23.2 Å². The maximum atomic E-state index is 11.1. The molecule has 0 fully saturated rings. The van der Waals surface area contributed by atoms with Crippen molar-refractivity contribution < 1.29 is 10.0 Å². The normalized spacial score (nSPS) is 11.2. The number of ketones is 1. The predicted octanol–water partition coefficient (Wildman–Crippen LogP) is 3.12. The summed E-state index contributed by atoms with van der Waals surface area (Å²) >= 11 is 3.08. The van der Waals surface area contributed by atoms with Crippen LogP contribution in [0.25, 0.3) is 9.75 Å². The molecule has 0 aliphatic rings. The van der Waals surface area contributed by atoms with Crippen LogP contribution < -0.4 is 0 Å².